The lowest BCUT2D eigenvalue weighted by Crippen LogP contribution is -2.35. The van der Waals surface area contributed by atoms with E-state index in [0.717, 1.165) is 11.6 Å². The van der Waals surface area contributed by atoms with Gasteiger partial charge in [-0.3, -0.25) is 4.79 Å². The van der Waals surface area contributed by atoms with Crippen LogP contribution in [0.2, 0.25) is 0 Å². The Balaban J connectivity index is 1.48. The molecule has 36 heavy (non-hydrogen) atoms. The molecule has 0 unspecified atom stereocenters. The van der Waals surface area contributed by atoms with Gasteiger partial charge in [0.2, 0.25) is 0 Å². The Labute approximate surface area is 205 Å². The first-order chi connectivity index (χ1) is 17.3. The van der Waals surface area contributed by atoms with Crippen LogP contribution in [0.1, 0.15) is 22.5 Å². The zero-order valence-electron chi connectivity index (χ0n) is 19.2. The predicted molar refractivity (Wildman–Crippen MR) is 129 cm³/mol. The van der Waals surface area contributed by atoms with E-state index in [1.54, 1.807) is 11.1 Å². The van der Waals surface area contributed by atoms with E-state index >= 15 is 0 Å². The van der Waals surface area contributed by atoms with Gasteiger partial charge in [0, 0.05) is 48.9 Å². The van der Waals surface area contributed by atoms with Gasteiger partial charge >= 0.3 is 6.18 Å². The van der Waals surface area contributed by atoms with Gasteiger partial charge in [-0.25, -0.2) is 14.4 Å². The average molecular weight is 494 g/mol. The number of rotatable bonds is 3. The molecule has 3 heterocycles. The molecule has 0 bridgehead atoms. The molecule has 1 aliphatic heterocycles. The van der Waals surface area contributed by atoms with Gasteiger partial charge in [0.1, 0.15) is 17.3 Å². The van der Waals surface area contributed by atoms with Crippen molar-refractivity contribution in [2.45, 2.75) is 12.6 Å². The molecule has 0 saturated carbocycles. The van der Waals surface area contributed by atoms with Crippen molar-refractivity contribution in [2.24, 2.45) is 0 Å². The zero-order valence-corrected chi connectivity index (χ0v) is 19.2. The summed E-state index contributed by atoms with van der Waals surface area (Å²) in [6.45, 7) is 1.92. The fraction of sp³-hybridized carbons (Fsp3) is 0.222. The lowest BCUT2D eigenvalue weighted by molar-refractivity contribution is -0.140. The van der Waals surface area contributed by atoms with Crippen LogP contribution in [-0.2, 0) is 6.18 Å². The summed E-state index contributed by atoms with van der Waals surface area (Å²) < 4.78 is 53.7. The zero-order chi connectivity index (χ0) is 25.3. The van der Waals surface area contributed by atoms with Gasteiger partial charge in [-0.1, -0.05) is 30.3 Å². The average Bonchev–Trinajstić information content (AvgIpc) is 3.14. The van der Waals surface area contributed by atoms with E-state index < -0.39 is 17.7 Å². The van der Waals surface area contributed by atoms with Crippen molar-refractivity contribution < 1.29 is 22.4 Å². The molecule has 0 spiro atoms. The highest BCUT2D eigenvalue weighted by Crippen LogP contribution is 2.36. The molecule has 4 aromatic rings. The lowest BCUT2D eigenvalue weighted by atomic mass is 10.0. The third-order valence-electron chi connectivity index (χ3n) is 6.26. The molecule has 1 aliphatic rings. The number of nitrogens with zero attached hydrogens (tertiary/aromatic N) is 4. The highest BCUT2D eigenvalue weighted by atomic mass is 19.4. The highest BCUT2D eigenvalue weighted by molar-refractivity contribution is 5.99. The number of carbonyl (C=O) groups excluding carboxylic acids is 1. The quantitative estimate of drug-likeness (QED) is 0.338. The standard InChI is InChI=1S/C27H22F4N4O/c28-20-9-7-19(8-10-20)26(36)35-14-4-13-34(15-16-35)25-21-11-12-23(27(29,30)31)33-24(21)22(17-32-25)18-5-2-1-3-6-18/h1-3,5-12,17H,4,13-16H2. The Kier molecular flexibility index (Phi) is 6.30. The molecule has 2 aromatic carbocycles. The van der Waals surface area contributed by atoms with E-state index in [-0.39, 0.29) is 11.4 Å². The maximum absolute atomic E-state index is 13.5. The number of amides is 1. The predicted octanol–water partition coefficient (Wildman–Crippen LogP) is 5.81. The fourth-order valence-corrected chi connectivity index (χ4v) is 4.45. The Hall–Kier alpha value is -4.01. The van der Waals surface area contributed by atoms with Crippen LogP contribution in [0.5, 0.6) is 0 Å². The Morgan fingerprint density at radius 2 is 1.61 bits per heavy atom. The minimum Gasteiger partial charge on any atom is -0.354 e. The molecular formula is C27H22F4N4O. The van der Waals surface area contributed by atoms with E-state index in [1.165, 1.54) is 30.3 Å². The van der Waals surface area contributed by atoms with Crippen molar-refractivity contribution in [2.75, 3.05) is 31.1 Å². The number of alkyl halides is 3. The van der Waals surface area contributed by atoms with E-state index in [0.29, 0.717) is 54.9 Å². The summed E-state index contributed by atoms with van der Waals surface area (Å²) in [4.78, 5) is 25.2. The lowest BCUT2D eigenvalue weighted by Gasteiger charge is -2.24. The molecule has 184 valence electrons. The highest BCUT2D eigenvalue weighted by Gasteiger charge is 2.33. The van der Waals surface area contributed by atoms with E-state index in [4.69, 9.17) is 0 Å². The second-order valence-electron chi connectivity index (χ2n) is 8.59. The number of carbonyl (C=O) groups is 1. The van der Waals surface area contributed by atoms with Crippen molar-refractivity contribution >= 4 is 22.6 Å². The number of pyridine rings is 2. The first kappa shape index (κ1) is 23.7. The number of benzene rings is 2. The number of hydrogen-bond acceptors (Lipinski definition) is 4. The second kappa shape index (κ2) is 9.56. The Bertz CT molecular complexity index is 1390. The van der Waals surface area contributed by atoms with Gasteiger partial charge in [0.15, 0.2) is 0 Å². The van der Waals surface area contributed by atoms with Gasteiger partial charge in [-0.15, -0.1) is 0 Å². The Morgan fingerprint density at radius 3 is 2.33 bits per heavy atom. The Morgan fingerprint density at radius 1 is 0.861 bits per heavy atom. The van der Waals surface area contributed by atoms with Crippen LogP contribution in [0.25, 0.3) is 22.0 Å². The van der Waals surface area contributed by atoms with Gasteiger partial charge in [0.25, 0.3) is 5.91 Å². The molecule has 1 fully saturated rings. The number of hydrogen-bond donors (Lipinski definition) is 0. The van der Waals surface area contributed by atoms with Crippen molar-refractivity contribution in [1.82, 2.24) is 14.9 Å². The normalized spacial score (nSPS) is 14.7. The topological polar surface area (TPSA) is 49.3 Å². The number of anilines is 1. The summed E-state index contributed by atoms with van der Waals surface area (Å²) in [5, 5.41) is 0.516. The van der Waals surface area contributed by atoms with Crippen LogP contribution in [0, 0.1) is 5.82 Å². The smallest absolute Gasteiger partial charge is 0.354 e. The minimum absolute atomic E-state index is 0.189. The number of fused-ring (bicyclic) bond motifs is 1. The summed E-state index contributed by atoms with van der Waals surface area (Å²) in [5.74, 6) is -0.0691. The maximum Gasteiger partial charge on any atom is 0.433 e. The SMILES string of the molecule is O=C(c1ccc(F)cc1)N1CCCN(c2ncc(-c3ccccc3)c3nc(C(F)(F)F)ccc23)CC1. The first-order valence-electron chi connectivity index (χ1n) is 11.5. The third kappa shape index (κ3) is 4.73. The first-order valence-corrected chi connectivity index (χ1v) is 11.5. The van der Waals surface area contributed by atoms with E-state index in [2.05, 4.69) is 9.97 Å². The van der Waals surface area contributed by atoms with Crippen molar-refractivity contribution in [3.05, 3.63) is 90.0 Å². The molecule has 1 amide bonds. The summed E-state index contributed by atoms with van der Waals surface area (Å²) in [6.07, 6.45) is -2.37. The summed E-state index contributed by atoms with van der Waals surface area (Å²) in [5.41, 5.74) is 0.911. The van der Waals surface area contributed by atoms with Crippen molar-refractivity contribution in [3.8, 4) is 11.1 Å². The number of aromatic nitrogens is 2. The van der Waals surface area contributed by atoms with Crippen molar-refractivity contribution in [1.29, 1.82) is 0 Å². The minimum atomic E-state index is -4.57. The van der Waals surface area contributed by atoms with E-state index in [1.807, 2.05) is 35.2 Å². The third-order valence-corrected chi connectivity index (χ3v) is 6.26. The van der Waals surface area contributed by atoms with Gasteiger partial charge < -0.3 is 9.80 Å². The molecule has 0 aliphatic carbocycles. The van der Waals surface area contributed by atoms with Crippen LogP contribution in [-0.4, -0.2) is 47.0 Å². The van der Waals surface area contributed by atoms with Crippen LogP contribution >= 0.6 is 0 Å². The molecule has 9 heteroatoms. The van der Waals surface area contributed by atoms with Crippen LogP contribution in [0.15, 0.2) is 72.9 Å². The molecule has 0 N–H and O–H groups in total. The molecule has 0 atom stereocenters. The van der Waals surface area contributed by atoms with Crippen molar-refractivity contribution in [3.63, 3.8) is 0 Å². The fourth-order valence-electron chi connectivity index (χ4n) is 4.45. The second-order valence-corrected chi connectivity index (χ2v) is 8.59. The summed E-state index contributed by atoms with van der Waals surface area (Å²) in [6, 6.07) is 16.9. The van der Waals surface area contributed by atoms with Crippen LogP contribution in [0.3, 0.4) is 0 Å². The summed E-state index contributed by atoms with van der Waals surface area (Å²) in [7, 11) is 0. The molecule has 0 radical (unpaired) electrons. The molecule has 2 aromatic heterocycles. The molecule has 5 nitrogen and oxygen atoms in total. The number of halogens is 4. The van der Waals surface area contributed by atoms with Gasteiger partial charge in [-0.2, -0.15) is 13.2 Å². The molecule has 5 rings (SSSR count). The largest absolute Gasteiger partial charge is 0.433 e. The molecular weight excluding hydrogens is 472 g/mol. The molecule has 1 saturated heterocycles. The monoisotopic (exact) mass is 494 g/mol. The summed E-state index contributed by atoms with van der Waals surface area (Å²) >= 11 is 0. The van der Waals surface area contributed by atoms with E-state index in [9.17, 15) is 22.4 Å². The van der Waals surface area contributed by atoms with Crippen LogP contribution < -0.4 is 4.90 Å². The van der Waals surface area contributed by atoms with Crippen LogP contribution in [0.4, 0.5) is 23.4 Å². The van der Waals surface area contributed by atoms with Gasteiger partial charge in [0.05, 0.1) is 5.52 Å². The van der Waals surface area contributed by atoms with Gasteiger partial charge in [-0.05, 0) is 48.4 Å². The maximum atomic E-state index is 13.5.